The number of allylic oxidation sites excluding steroid dienone is 6. The monoisotopic (exact) mass is 1270 g/mol. The summed E-state index contributed by atoms with van der Waals surface area (Å²) >= 11 is 0. The van der Waals surface area contributed by atoms with Crippen molar-refractivity contribution in [3.8, 4) is 17.2 Å². The lowest BCUT2D eigenvalue weighted by molar-refractivity contribution is 0.382. The highest BCUT2D eigenvalue weighted by Crippen LogP contribution is 2.46. The Morgan fingerprint density at radius 2 is 0.407 bits per heavy atom. The van der Waals surface area contributed by atoms with Gasteiger partial charge in [-0.3, -0.25) is 0 Å². The first-order chi connectivity index (χ1) is 45.0. The Hall–Kier alpha value is -3.29. The molecular formula is C87H147O3P. The molecule has 0 aromatic heterocycles. The molecule has 0 aliphatic heterocycles. The number of aryl methyl sites for hydroxylation is 6. The summed E-state index contributed by atoms with van der Waals surface area (Å²) in [5.41, 5.74) is 8.24. The van der Waals surface area contributed by atoms with Gasteiger partial charge in [0.25, 0.3) is 0 Å². The molecule has 0 saturated carbocycles. The third kappa shape index (κ3) is 45.7. The minimum absolute atomic E-state index is 0.940. The molecule has 0 amide bonds. The second-order valence-corrected chi connectivity index (χ2v) is 28.8. The number of hydrogen-bond acceptors (Lipinski definition) is 3. The summed E-state index contributed by atoms with van der Waals surface area (Å²) in [6, 6.07) is 21.2. The van der Waals surface area contributed by atoms with Crippen LogP contribution in [0.2, 0.25) is 0 Å². The van der Waals surface area contributed by atoms with Gasteiger partial charge in [0, 0.05) is 0 Å². The fourth-order valence-electron chi connectivity index (χ4n) is 12.9. The van der Waals surface area contributed by atoms with Crippen LogP contribution in [0.15, 0.2) is 91.1 Å². The van der Waals surface area contributed by atoms with Crippen molar-refractivity contribution in [1.82, 2.24) is 0 Å². The third-order valence-corrected chi connectivity index (χ3v) is 20.0. The van der Waals surface area contributed by atoms with E-state index in [-0.39, 0.29) is 0 Å². The van der Waals surface area contributed by atoms with Gasteiger partial charge in [0.2, 0.25) is 0 Å². The molecule has 518 valence electrons. The first-order valence-corrected chi connectivity index (χ1v) is 41.3. The standard InChI is InChI=1S/C87H147O3P/c1-7-13-19-22-25-28-31-34-37-40-43-46-49-52-55-61-67-82-76-79(64-58-16-10-4)70-73-85(82)88-91(89-86-74-71-80(65-59-17-11-5)77-83(86)68-62-56-53-50-47-44-41-38-35-32-29-26-23-20-14-8-2)90-87-75-72-81(66-60-18-12-6)78-84(87)69-63-57-54-51-48-45-42-39-36-33-30-27-24-21-15-9-3/h34-39,70-78H,7-33,40-69H2,1-6H3/b37-34-,38-35-,39-36-. The second kappa shape index (κ2) is 61.6. The molecule has 3 aromatic rings. The van der Waals surface area contributed by atoms with Crippen LogP contribution in [0.4, 0.5) is 0 Å². The van der Waals surface area contributed by atoms with Crippen LogP contribution in [-0.2, 0) is 38.5 Å². The van der Waals surface area contributed by atoms with E-state index in [1.54, 1.807) is 0 Å². The lowest BCUT2D eigenvalue weighted by Crippen LogP contribution is -2.07. The molecule has 0 bridgehead atoms. The zero-order valence-corrected chi connectivity index (χ0v) is 62.0. The molecule has 4 heteroatoms. The van der Waals surface area contributed by atoms with E-state index < -0.39 is 8.60 Å². The van der Waals surface area contributed by atoms with Gasteiger partial charge in [-0.15, -0.1) is 0 Å². The molecule has 0 saturated heterocycles. The van der Waals surface area contributed by atoms with E-state index in [0.29, 0.717) is 0 Å². The fourth-order valence-corrected chi connectivity index (χ4v) is 14.1. The van der Waals surface area contributed by atoms with Gasteiger partial charge in [-0.2, -0.15) is 0 Å². The molecule has 0 spiro atoms. The van der Waals surface area contributed by atoms with Gasteiger partial charge in [-0.1, -0.05) is 326 Å². The first kappa shape index (κ1) is 81.9. The maximum absolute atomic E-state index is 7.32. The summed E-state index contributed by atoms with van der Waals surface area (Å²) < 4.78 is 22.0. The average molecular weight is 1270 g/mol. The fraction of sp³-hybridized carbons (Fsp3) is 0.724. The lowest BCUT2D eigenvalue weighted by atomic mass is 9.99. The normalized spacial score (nSPS) is 11.9. The predicted molar refractivity (Wildman–Crippen MR) is 407 cm³/mol. The average Bonchev–Trinajstić information content (AvgIpc) is 2.91. The topological polar surface area (TPSA) is 27.7 Å². The van der Waals surface area contributed by atoms with Gasteiger partial charge in [0.15, 0.2) is 0 Å². The van der Waals surface area contributed by atoms with E-state index >= 15 is 0 Å². The Morgan fingerprint density at radius 3 is 0.637 bits per heavy atom. The Kier molecular flexibility index (Phi) is 55.4. The molecule has 0 atom stereocenters. The van der Waals surface area contributed by atoms with Crippen molar-refractivity contribution in [2.24, 2.45) is 0 Å². The van der Waals surface area contributed by atoms with Gasteiger partial charge < -0.3 is 13.6 Å². The minimum atomic E-state index is -1.84. The van der Waals surface area contributed by atoms with E-state index in [2.05, 4.69) is 133 Å². The molecule has 91 heavy (non-hydrogen) atoms. The summed E-state index contributed by atoms with van der Waals surface area (Å²) in [5.74, 6) is 2.82. The second-order valence-electron chi connectivity index (χ2n) is 27.8. The van der Waals surface area contributed by atoms with Crippen molar-refractivity contribution in [3.63, 3.8) is 0 Å². The van der Waals surface area contributed by atoms with Crippen LogP contribution < -0.4 is 13.6 Å². The van der Waals surface area contributed by atoms with Crippen molar-refractivity contribution < 1.29 is 13.6 Å². The van der Waals surface area contributed by atoms with Crippen LogP contribution in [-0.4, -0.2) is 0 Å². The van der Waals surface area contributed by atoms with Crippen molar-refractivity contribution in [1.29, 1.82) is 0 Å². The first-order valence-electron chi connectivity index (χ1n) is 40.2. The Labute approximate surface area is 568 Å². The molecule has 3 nitrogen and oxygen atoms in total. The van der Waals surface area contributed by atoms with Crippen LogP contribution in [0, 0.1) is 0 Å². The van der Waals surface area contributed by atoms with Crippen LogP contribution in [0.1, 0.15) is 402 Å². The van der Waals surface area contributed by atoms with Gasteiger partial charge in [-0.25, -0.2) is 0 Å². The SMILES string of the molecule is CCCCCCCC/C=C\CCCCCCCCc1cc(CCCCC)ccc1OP(Oc1ccc(CCCCC)cc1CCCCCCCC/C=C\CCCCCCCC)Oc1ccc(CCCCC)cc1CCCCCCCC/C=C\CCCCCCCC. The van der Waals surface area contributed by atoms with Gasteiger partial charge in [0.05, 0.1) is 0 Å². The largest absolute Gasteiger partial charge is 0.530 e. The summed E-state index contributed by atoms with van der Waals surface area (Å²) in [7, 11) is -1.84. The van der Waals surface area contributed by atoms with Gasteiger partial charge >= 0.3 is 8.60 Å². The van der Waals surface area contributed by atoms with Crippen LogP contribution in [0.3, 0.4) is 0 Å². The van der Waals surface area contributed by atoms with Crippen LogP contribution >= 0.6 is 8.60 Å². The molecule has 0 radical (unpaired) electrons. The molecule has 0 aliphatic rings. The van der Waals surface area contributed by atoms with Gasteiger partial charge in [0.1, 0.15) is 17.2 Å². The maximum Gasteiger partial charge on any atom is 0.530 e. The molecule has 3 aromatic carbocycles. The number of rotatable bonds is 66. The number of hydrogen-bond donors (Lipinski definition) is 0. The third-order valence-electron chi connectivity index (χ3n) is 19.0. The molecule has 0 N–H and O–H groups in total. The molecule has 0 fully saturated rings. The summed E-state index contributed by atoms with van der Waals surface area (Å²) in [5, 5.41) is 0. The van der Waals surface area contributed by atoms with Crippen molar-refractivity contribution >= 4 is 8.60 Å². The quantitative estimate of drug-likeness (QED) is 0.0320. The molecule has 0 unspecified atom stereocenters. The van der Waals surface area contributed by atoms with Crippen molar-refractivity contribution in [2.75, 3.05) is 0 Å². The molecule has 3 rings (SSSR count). The predicted octanol–water partition coefficient (Wildman–Crippen LogP) is 30.4. The van der Waals surface area contributed by atoms with Crippen LogP contribution in [0.25, 0.3) is 0 Å². The van der Waals surface area contributed by atoms with Crippen LogP contribution in [0.5, 0.6) is 17.2 Å². The molecule has 0 heterocycles. The van der Waals surface area contributed by atoms with E-state index in [9.17, 15) is 0 Å². The zero-order chi connectivity index (χ0) is 64.8. The van der Waals surface area contributed by atoms with E-state index in [0.717, 1.165) is 55.8 Å². The Bertz CT molecular complexity index is 1930. The smallest absolute Gasteiger partial charge is 0.408 e. The highest BCUT2D eigenvalue weighted by Gasteiger charge is 2.25. The van der Waals surface area contributed by atoms with E-state index in [1.165, 1.54) is 361 Å². The van der Waals surface area contributed by atoms with Gasteiger partial charge in [-0.05, 0) is 206 Å². The Balaban J connectivity index is 1.82. The zero-order valence-electron chi connectivity index (χ0n) is 61.1. The minimum Gasteiger partial charge on any atom is -0.408 e. The van der Waals surface area contributed by atoms with Crippen molar-refractivity contribution in [3.05, 3.63) is 124 Å². The highest BCUT2D eigenvalue weighted by molar-refractivity contribution is 7.43. The number of benzene rings is 3. The van der Waals surface area contributed by atoms with E-state index in [4.69, 9.17) is 13.6 Å². The van der Waals surface area contributed by atoms with E-state index in [1.807, 2.05) is 0 Å². The number of unbranched alkanes of at least 4 members (excludes halogenated alkanes) is 42. The lowest BCUT2D eigenvalue weighted by Gasteiger charge is -2.23. The molecule has 0 aliphatic carbocycles. The summed E-state index contributed by atoms with van der Waals surface area (Å²) in [4.78, 5) is 0. The highest BCUT2D eigenvalue weighted by atomic mass is 31.2. The van der Waals surface area contributed by atoms with Crippen molar-refractivity contribution in [2.45, 2.75) is 408 Å². The molecular weight excluding hydrogens is 1120 g/mol. The Morgan fingerprint density at radius 1 is 0.220 bits per heavy atom. The summed E-state index contributed by atoms with van der Waals surface area (Å²) in [6.07, 6.45) is 87.8. The summed E-state index contributed by atoms with van der Waals surface area (Å²) in [6.45, 7) is 13.9. The maximum atomic E-state index is 7.32.